The molecule has 2 fully saturated rings. The van der Waals surface area contributed by atoms with Gasteiger partial charge in [0.25, 0.3) is 5.91 Å². The molecule has 3 heterocycles. The molecule has 1 saturated heterocycles. The molecule has 166 valence electrons. The molecule has 4 rings (SSSR count). The number of aromatic nitrogens is 3. The zero-order valence-corrected chi connectivity index (χ0v) is 18.1. The van der Waals surface area contributed by atoms with E-state index in [1.165, 1.54) is 0 Å². The number of carbonyl (C=O) groups is 3. The third-order valence-corrected chi connectivity index (χ3v) is 6.34. The molecule has 0 radical (unpaired) electrons. The molecule has 31 heavy (non-hydrogen) atoms. The van der Waals surface area contributed by atoms with E-state index in [0.717, 1.165) is 11.3 Å². The van der Waals surface area contributed by atoms with E-state index < -0.39 is 0 Å². The van der Waals surface area contributed by atoms with Gasteiger partial charge in [-0.2, -0.15) is 5.10 Å². The third-order valence-electron chi connectivity index (χ3n) is 6.34. The van der Waals surface area contributed by atoms with Crippen molar-refractivity contribution in [3.63, 3.8) is 0 Å². The third kappa shape index (κ3) is 4.19. The molecule has 2 N–H and O–H groups in total. The lowest BCUT2D eigenvalue weighted by Crippen LogP contribution is -2.40. The Kier molecular flexibility index (Phi) is 5.79. The van der Waals surface area contributed by atoms with Crippen LogP contribution in [0.25, 0.3) is 0 Å². The van der Waals surface area contributed by atoms with Crippen molar-refractivity contribution in [2.75, 3.05) is 13.1 Å². The van der Waals surface area contributed by atoms with E-state index >= 15 is 0 Å². The van der Waals surface area contributed by atoms with Crippen LogP contribution < -0.4 is 10.6 Å². The Bertz CT molecular complexity index is 976. The molecule has 1 saturated carbocycles. The summed E-state index contributed by atoms with van der Waals surface area (Å²) in [7, 11) is 0. The van der Waals surface area contributed by atoms with Crippen LogP contribution in [0.5, 0.6) is 0 Å². The van der Waals surface area contributed by atoms with E-state index in [1.54, 1.807) is 21.8 Å². The van der Waals surface area contributed by atoms with E-state index in [9.17, 15) is 14.4 Å². The molecular formula is C21H28N6O4. The van der Waals surface area contributed by atoms with E-state index in [1.807, 2.05) is 20.8 Å². The number of fused-ring (bicyclic) bond motifs is 1. The van der Waals surface area contributed by atoms with Crippen molar-refractivity contribution in [2.45, 2.75) is 52.7 Å². The molecule has 0 bridgehead atoms. The summed E-state index contributed by atoms with van der Waals surface area (Å²) in [6, 6.07) is 1.56. The van der Waals surface area contributed by atoms with Gasteiger partial charge in [-0.3, -0.25) is 19.1 Å². The van der Waals surface area contributed by atoms with Crippen LogP contribution in [0, 0.1) is 25.7 Å². The minimum atomic E-state index is -0.216. The van der Waals surface area contributed by atoms with Crippen molar-refractivity contribution in [1.82, 2.24) is 30.5 Å². The number of hydrogen-bond donors (Lipinski definition) is 2. The number of carbonyl (C=O) groups excluding carboxylic acids is 3. The molecule has 1 aliphatic heterocycles. The van der Waals surface area contributed by atoms with Crippen molar-refractivity contribution >= 4 is 17.7 Å². The molecule has 0 aromatic carbocycles. The van der Waals surface area contributed by atoms with Crippen LogP contribution in [0.2, 0.25) is 0 Å². The SMILES string of the molecule is CCn1nccc1C(=O)N1CC(=O)N[C@@H]2C[C@@H](C(=O)NCc3c(C)noc3C)C[C@@H]2C1. The molecule has 3 amide bonds. The Morgan fingerprint density at radius 2 is 2.13 bits per heavy atom. The maximum Gasteiger partial charge on any atom is 0.272 e. The van der Waals surface area contributed by atoms with Gasteiger partial charge in [0.1, 0.15) is 11.5 Å². The standard InChI is InChI=1S/C21H28N6O4/c1-4-27-18(5-6-23-27)21(30)26-10-15-7-14(8-17(15)24-19(28)11-26)20(29)22-9-16-12(2)25-31-13(16)3/h5-6,14-15,17H,4,7-11H2,1-3H3,(H,22,29)(H,24,28)/t14-,15+,17+/m0/s1. The van der Waals surface area contributed by atoms with Gasteiger partial charge in [-0.1, -0.05) is 5.16 Å². The number of hydrogen-bond acceptors (Lipinski definition) is 6. The van der Waals surface area contributed by atoms with Gasteiger partial charge in [0.05, 0.1) is 12.2 Å². The summed E-state index contributed by atoms with van der Waals surface area (Å²) in [5.41, 5.74) is 2.13. The first-order chi connectivity index (χ1) is 14.9. The number of aryl methyl sites for hydroxylation is 3. The fraction of sp³-hybridized carbons (Fsp3) is 0.571. The smallest absolute Gasteiger partial charge is 0.272 e. The van der Waals surface area contributed by atoms with Gasteiger partial charge >= 0.3 is 0 Å². The highest BCUT2D eigenvalue weighted by Crippen LogP contribution is 2.34. The van der Waals surface area contributed by atoms with Gasteiger partial charge < -0.3 is 20.1 Å². The summed E-state index contributed by atoms with van der Waals surface area (Å²) >= 11 is 0. The zero-order chi connectivity index (χ0) is 22.1. The molecule has 3 atom stereocenters. The van der Waals surface area contributed by atoms with Crippen molar-refractivity contribution < 1.29 is 18.9 Å². The molecule has 2 aromatic heterocycles. The molecular weight excluding hydrogens is 400 g/mol. The second kappa shape index (κ2) is 8.52. The van der Waals surface area contributed by atoms with E-state index in [4.69, 9.17) is 4.52 Å². The number of nitrogens with one attached hydrogen (secondary N) is 2. The normalized spacial score (nSPS) is 23.3. The van der Waals surface area contributed by atoms with Gasteiger partial charge in [0.15, 0.2) is 0 Å². The van der Waals surface area contributed by atoms with Crippen molar-refractivity contribution in [3.05, 3.63) is 35.0 Å². The van der Waals surface area contributed by atoms with E-state index in [0.29, 0.717) is 43.9 Å². The molecule has 10 heteroatoms. The summed E-state index contributed by atoms with van der Waals surface area (Å²) in [5, 5.41) is 14.0. The monoisotopic (exact) mass is 428 g/mol. The van der Waals surface area contributed by atoms with Gasteiger partial charge in [-0.05, 0) is 45.6 Å². The van der Waals surface area contributed by atoms with Crippen LogP contribution in [0.4, 0.5) is 0 Å². The average molecular weight is 428 g/mol. The second-order valence-electron chi connectivity index (χ2n) is 8.34. The van der Waals surface area contributed by atoms with Crippen LogP contribution in [0.15, 0.2) is 16.8 Å². The van der Waals surface area contributed by atoms with Crippen LogP contribution in [-0.4, -0.2) is 56.7 Å². The second-order valence-corrected chi connectivity index (χ2v) is 8.34. The summed E-state index contributed by atoms with van der Waals surface area (Å²) in [4.78, 5) is 39.9. The number of rotatable bonds is 5. The first kappa shape index (κ1) is 21.1. The van der Waals surface area contributed by atoms with E-state index in [2.05, 4.69) is 20.9 Å². The summed E-state index contributed by atoms with van der Waals surface area (Å²) in [6.07, 6.45) is 2.78. The summed E-state index contributed by atoms with van der Waals surface area (Å²) in [6.45, 7) is 6.97. The van der Waals surface area contributed by atoms with Gasteiger partial charge in [0, 0.05) is 43.4 Å². The van der Waals surface area contributed by atoms with Crippen LogP contribution in [0.1, 0.15) is 47.3 Å². The highest BCUT2D eigenvalue weighted by atomic mass is 16.5. The highest BCUT2D eigenvalue weighted by Gasteiger charge is 2.42. The largest absolute Gasteiger partial charge is 0.361 e. The number of nitrogens with zero attached hydrogens (tertiary/aromatic N) is 4. The summed E-state index contributed by atoms with van der Waals surface area (Å²) < 4.78 is 6.77. The molecule has 2 aliphatic rings. The molecule has 2 aromatic rings. The molecule has 0 unspecified atom stereocenters. The Morgan fingerprint density at radius 3 is 2.84 bits per heavy atom. The predicted octanol–water partition coefficient (Wildman–Crippen LogP) is 0.791. The fourth-order valence-corrected chi connectivity index (χ4v) is 4.65. The maximum absolute atomic E-state index is 13.0. The first-order valence-corrected chi connectivity index (χ1v) is 10.7. The first-order valence-electron chi connectivity index (χ1n) is 10.7. The highest BCUT2D eigenvalue weighted by molar-refractivity contribution is 5.95. The fourth-order valence-electron chi connectivity index (χ4n) is 4.65. The zero-order valence-electron chi connectivity index (χ0n) is 18.1. The maximum atomic E-state index is 13.0. The molecule has 10 nitrogen and oxygen atoms in total. The van der Waals surface area contributed by atoms with Crippen molar-refractivity contribution in [2.24, 2.45) is 11.8 Å². The van der Waals surface area contributed by atoms with Crippen molar-refractivity contribution in [3.8, 4) is 0 Å². The molecule has 0 spiro atoms. The van der Waals surface area contributed by atoms with Crippen molar-refractivity contribution in [1.29, 1.82) is 0 Å². The van der Waals surface area contributed by atoms with Crippen LogP contribution in [-0.2, 0) is 22.7 Å². The minimum Gasteiger partial charge on any atom is -0.361 e. The lowest BCUT2D eigenvalue weighted by atomic mass is 10.0. The Balaban J connectivity index is 1.41. The molecule has 1 aliphatic carbocycles. The lowest BCUT2D eigenvalue weighted by molar-refractivity contribution is -0.125. The Labute approximate surface area is 180 Å². The van der Waals surface area contributed by atoms with Gasteiger partial charge in [-0.25, -0.2) is 0 Å². The van der Waals surface area contributed by atoms with Gasteiger partial charge in [0.2, 0.25) is 11.8 Å². The Morgan fingerprint density at radius 1 is 1.32 bits per heavy atom. The van der Waals surface area contributed by atoms with Crippen LogP contribution >= 0.6 is 0 Å². The number of amides is 3. The average Bonchev–Trinajstić information content (AvgIpc) is 3.43. The van der Waals surface area contributed by atoms with E-state index in [-0.39, 0.29) is 42.1 Å². The lowest BCUT2D eigenvalue weighted by Gasteiger charge is -2.23. The van der Waals surface area contributed by atoms with Crippen LogP contribution in [0.3, 0.4) is 0 Å². The Hall–Kier alpha value is -3.17. The quantitative estimate of drug-likeness (QED) is 0.726. The minimum absolute atomic E-state index is 0.0175. The van der Waals surface area contributed by atoms with Gasteiger partial charge in [-0.15, -0.1) is 0 Å². The summed E-state index contributed by atoms with van der Waals surface area (Å²) in [5.74, 6) is 0.0586. The topological polar surface area (TPSA) is 122 Å². The predicted molar refractivity (Wildman–Crippen MR) is 110 cm³/mol.